The number of nitrogens with zero attached hydrogens (tertiary/aromatic N) is 1. The molecule has 0 aliphatic carbocycles. The van der Waals surface area contributed by atoms with Crippen LogP contribution in [0.5, 0.6) is 5.75 Å². The van der Waals surface area contributed by atoms with Crippen LogP contribution in [0.2, 0.25) is 10.0 Å². The smallest absolute Gasteiger partial charge is 0.340 e. The topological polar surface area (TPSA) is 103 Å². The number of unbranched alkanes of at least 4 members (excludes halogenated alkanes) is 1. The van der Waals surface area contributed by atoms with Crippen molar-refractivity contribution in [1.82, 2.24) is 15.3 Å². The minimum absolute atomic E-state index is 0.0776. The van der Waals surface area contributed by atoms with Crippen molar-refractivity contribution < 1.29 is 23.8 Å². The summed E-state index contributed by atoms with van der Waals surface area (Å²) < 4.78 is 16.7. The standard InChI is InChI=1S/C37H43Cl2N3O5/c1-4-6-21-46-36(8-5-2)47-37(44)27-15-13-26(14-16-27)32(42-35(43)10-7-9-25-11-18-29(45-3)19-12-25)23-34-40-24-33(41-34)30-20-17-28(38)22-31(30)39/h11-20,22,24,32,36H,4-10,21,23H2,1-3H3,(H,40,41)(H,42,43). The maximum atomic E-state index is 13.2. The van der Waals surface area contributed by atoms with Crippen LogP contribution in [-0.4, -0.2) is 41.9 Å². The van der Waals surface area contributed by atoms with Crippen molar-refractivity contribution in [2.24, 2.45) is 0 Å². The van der Waals surface area contributed by atoms with Gasteiger partial charge in [0.2, 0.25) is 12.2 Å². The number of imidazole rings is 1. The molecular weight excluding hydrogens is 637 g/mol. The SMILES string of the molecule is CCCCOC(CCC)OC(=O)c1ccc(C(Cc2ncc(-c3ccc(Cl)cc3Cl)[nH]2)NC(=O)CCCc2ccc(OC)cc2)cc1. The van der Waals surface area contributed by atoms with Crippen LogP contribution in [-0.2, 0) is 27.1 Å². The van der Waals surface area contributed by atoms with Gasteiger partial charge in [-0.15, -0.1) is 0 Å². The highest BCUT2D eigenvalue weighted by molar-refractivity contribution is 6.36. The van der Waals surface area contributed by atoms with E-state index in [2.05, 4.69) is 22.2 Å². The number of hydrogen-bond donors (Lipinski definition) is 2. The van der Waals surface area contributed by atoms with Crippen molar-refractivity contribution in [2.75, 3.05) is 13.7 Å². The van der Waals surface area contributed by atoms with E-state index >= 15 is 0 Å². The number of nitrogens with one attached hydrogen (secondary N) is 2. The fourth-order valence-corrected chi connectivity index (χ4v) is 5.59. The van der Waals surface area contributed by atoms with E-state index in [0.717, 1.165) is 53.8 Å². The predicted octanol–water partition coefficient (Wildman–Crippen LogP) is 8.91. The van der Waals surface area contributed by atoms with Gasteiger partial charge in [0, 0.05) is 29.8 Å². The molecule has 3 aromatic carbocycles. The zero-order valence-electron chi connectivity index (χ0n) is 27.2. The third kappa shape index (κ3) is 11.1. The molecular formula is C37H43Cl2N3O5. The zero-order chi connectivity index (χ0) is 33.6. The Morgan fingerprint density at radius 2 is 1.72 bits per heavy atom. The number of benzene rings is 3. The number of esters is 1. The van der Waals surface area contributed by atoms with Crippen molar-refractivity contribution in [3.63, 3.8) is 0 Å². The summed E-state index contributed by atoms with van der Waals surface area (Å²) in [7, 11) is 1.64. The summed E-state index contributed by atoms with van der Waals surface area (Å²) in [5.74, 6) is 0.950. The van der Waals surface area contributed by atoms with Crippen molar-refractivity contribution >= 4 is 35.1 Å². The molecule has 4 rings (SSSR count). The summed E-state index contributed by atoms with van der Waals surface area (Å²) in [6, 6.07) is 19.9. The lowest BCUT2D eigenvalue weighted by Gasteiger charge is -2.20. The third-order valence-corrected chi connectivity index (χ3v) is 8.27. The molecule has 0 aliphatic heterocycles. The quantitative estimate of drug-likeness (QED) is 0.0618. The minimum Gasteiger partial charge on any atom is -0.497 e. The van der Waals surface area contributed by atoms with Gasteiger partial charge in [-0.2, -0.15) is 0 Å². The third-order valence-electron chi connectivity index (χ3n) is 7.72. The Morgan fingerprint density at radius 1 is 0.957 bits per heavy atom. The zero-order valence-corrected chi connectivity index (χ0v) is 28.7. The van der Waals surface area contributed by atoms with Crippen molar-refractivity contribution in [1.29, 1.82) is 0 Å². The molecule has 0 aliphatic rings. The van der Waals surface area contributed by atoms with Gasteiger partial charge in [0.25, 0.3) is 0 Å². The van der Waals surface area contributed by atoms with Crippen LogP contribution in [0.3, 0.4) is 0 Å². The first kappa shape index (κ1) is 36.0. The van der Waals surface area contributed by atoms with Crippen LogP contribution >= 0.6 is 23.2 Å². The number of amides is 1. The second kappa shape index (κ2) is 18.5. The van der Waals surface area contributed by atoms with Crippen LogP contribution in [0.25, 0.3) is 11.3 Å². The fourth-order valence-electron chi connectivity index (χ4n) is 5.08. The maximum absolute atomic E-state index is 13.2. The fraction of sp³-hybridized carbons (Fsp3) is 0.378. The van der Waals surface area contributed by atoms with Crippen molar-refractivity contribution in [2.45, 2.75) is 77.5 Å². The van der Waals surface area contributed by atoms with Gasteiger partial charge in [-0.05, 0) is 72.9 Å². The Morgan fingerprint density at radius 3 is 2.40 bits per heavy atom. The van der Waals surface area contributed by atoms with Crippen LogP contribution in [0, 0.1) is 0 Å². The van der Waals surface area contributed by atoms with Crippen LogP contribution in [0.15, 0.2) is 72.9 Å². The Bertz CT molecular complexity index is 1570. The minimum atomic E-state index is -0.578. The molecule has 4 aromatic rings. The molecule has 0 saturated carbocycles. The summed E-state index contributed by atoms with van der Waals surface area (Å²) in [5, 5.41) is 4.24. The normalized spacial score (nSPS) is 12.4. The number of methoxy groups -OCH3 is 1. The molecule has 0 radical (unpaired) electrons. The van der Waals surface area contributed by atoms with E-state index in [1.165, 1.54) is 0 Å². The van der Waals surface area contributed by atoms with Crippen LogP contribution in [0.1, 0.15) is 85.7 Å². The molecule has 0 fully saturated rings. The summed E-state index contributed by atoms with van der Waals surface area (Å²) in [4.78, 5) is 34.1. The van der Waals surface area contributed by atoms with E-state index in [0.29, 0.717) is 53.7 Å². The van der Waals surface area contributed by atoms with Gasteiger partial charge in [0.15, 0.2) is 0 Å². The van der Waals surface area contributed by atoms with Gasteiger partial charge >= 0.3 is 5.97 Å². The number of aromatic nitrogens is 2. The first-order valence-electron chi connectivity index (χ1n) is 16.1. The number of carbonyl (C=O) groups excluding carboxylic acids is 2. The number of rotatable bonds is 18. The predicted molar refractivity (Wildman–Crippen MR) is 186 cm³/mol. The molecule has 47 heavy (non-hydrogen) atoms. The molecule has 0 saturated heterocycles. The van der Waals surface area contributed by atoms with Crippen LogP contribution < -0.4 is 10.1 Å². The van der Waals surface area contributed by atoms with Gasteiger partial charge in [-0.3, -0.25) is 4.79 Å². The molecule has 0 bridgehead atoms. The first-order chi connectivity index (χ1) is 22.8. The summed E-state index contributed by atoms with van der Waals surface area (Å²) >= 11 is 12.5. The van der Waals surface area contributed by atoms with Gasteiger partial charge in [-0.1, -0.05) is 74.2 Å². The monoisotopic (exact) mass is 679 g/mol. The number of H-pyrrole nitrogens is 1. The maximum Gasteiger partial charge on any atom is 0.340 e. The van der Waals surface area contributed by atoms with E-state index in [9.17, 15) is 9.59 Å². The van der Waals surface area contributed by atoms with Crippen molar-refractivity contribution in [3.8, 4) is 17.0 Å². The molecule has 1 heterocycles. The Kier molecular flexibility index (Phi) is 14.2. The molecule has 2 N–H and O–H groups in total. The lowest BCUT2D eigenvalue weighted by atomic mass is 10.0. The summed E-state index contributed by atoms with van der Waals surface area (Å²) in [6.07, 6.45) is 6.72. The van der Waals surface area contributed by atoms with Crippen LogP contribution in [0.4, 0.5) is 0 Å². The molecule has 0 spiro atoms. The largest absolute Gasteiger partial charge is 0.497 e. The van der Waals surface area contributed by atoms with Gasteiger partial charge in [0.05, 0.1) is 42.2 Å². The molecule has 10 heteroatoms. The second-order valence-corrected chi connectivity index (χ2v) is 12.2. The van der Waals surface area contributed by atoms with Crippen molar-refractivity contribution in [3.05, 3.63) is 105 Å². The Labute approximate surface area is 287 Å². The number of hydrogen-bond acceptors (Lipinski definition) is 6. The number of ether oxygens (including phenoxy) is 3. The van der Waals surface area contributed by atoms with Gasteiger partial charge < -0.3 is 24.5 Å². The van der Waals surface area contributed by atoms with E-state index in [-0.39, 0.29) is 5.91 Å². The van der Waals surface area contributed by atoms with E-state index in [1.54, 1.807) is 37.6 Å². The highest BCUT2D eigenvalue weighted by atomic mass is 35.5. The number of aromatic amines is 1. The molecule has 8 nitrogen and oxygen atoms in total. The average molecular weight is 681 g/mol. The lowest BCUT2D eigenvalue weighted by Crippen LogP contribution is -2.30. The second-order valence-electron chi connectivity index (χ2n) is 11.4. The number of carbonyl (C=O) groups is 2. The number of aryl methyl sites for hydroxylation is 1. The summed E-state index contributed by atoms with van der Waals surface area (Å²) in [6.45, 7) is 4.66. The van der Waals surface area contributed by atoms with Gasteiger partial charge in [0.1, 0.15) is 11.6 Å². The first-order valence-corrected chi connectivity index (χ1v) is 16.9. The van der Waals surface area contributed by atoms with E-state index in [4.69, 9.17) is 37.4 Å². The van der Waals surface area contributed by atoms with E-state index in [1.807, 2.05) is 49.4 Å². The average Bonchev–Trinajstić information content (AvgIpc) is 3.53. The molecule has 250 valence electrons. The lowest BCUT2D eigenvalue weighted by molar-refractivity contribution is -0.122. The summed E-state index contributed by atoms with van der Waals surface area (Å²) in [5.41, 5.74) is 3.90. The Balaban J connectivity index is 1.46. The highest BCUT2D eigenvalue weighted by Gasteiger charge is 2.20. The number of halogens is 2. The highest BCUT2D eigenvalue weighted by Crippen LogP contribution is 2.30. The van der Waals surface area contributed by atoms with Gasteiger partial charge in [-0.25, -0.2) is 9.78 Å². The molecule has 1 aromatic heterocycles. The molecule has 2 atom stereocenters. The Hall–Kier alpha value is -3.85. The van der Waals surface area contributed by atoms with E-state index < -0.39 is 18.3 Å². The molecule has 1 amide bonds. The molecule has 2 unspecified atom stereocenters.